The van der Waals surface area contributed by atoms with Crippen LogP contribution in [0.3, 0.4) is 0 Å². The molecule has 204 valence electrons. The van der Waals surface area contributed by atoms with Gasteiger partial charge in [-0.1, -0.05) is 27.7 Å². The van der Waals surface area contributed by atoms with Crippen molar-refractivity contribution in [1.29, 1.82) is 0 Å². The molecule has 0 aliphatic carbocycles. The molecule has 0 saturated carbocycles. The van der Waals surface area contributed by atoms with Crippen molar-refractivity contribution in [3.05, 3.63) is 0 Å². The minimum atomic E-state index is -4.60. The number of likely N-dealkylation sites (tertiary alicyclic amines) is 1. The van der Waals surface area contributed by atoms with Gasteiger partial charge in [0.25, 0.3) is 0 Å². The molecule has 0 aromatic rings. The van der Waals surface area contributed by atoms with Gasteiger partial charge >= 0.3 is 15.6 Å². The summed E-state index contributed by atoms with van der Waals surface area (Å²) >= 11 is 0. The second-order valence-electron chi connectivity index (χ2n) is 10.4. The summed E-state index contributed by atoms with van der Waals surface area (Å²) in [5.74, 6) is -0.0816. The molecule has 2 aliphatic heterocycles. The lowest BCUT2D eigenvalue weighted by atomic mass is 9.66. The van der Waals surface area contributed by atoms with Gasteiger partial charge in [0.15, 0.2) is 0 Å². The topological polar surface area (TPSA) is 184 Å². The molecule has 35 heavy (non-hydrogen) atoms. The number of hydrogen-bond donors (Lipinski definition) is 5. The molecule has 0 aromatic carbocycles. The van der Waals surface area contributed by atoms with E-state index in [2.05, 4.69) is 15.2 Å². The quantitative estimate of drug-likeness (QED) is 0.156. The van der Waals surface area contributed by atoms with Gasteiger partial charge in [0.1, 0.15) is 0 Å². The number of carbonyl (C=O) groups is 2. The number of phosphoric ester groups is 2. The van der Waals surface area contributed by atoms with Crippen molar-refractivity contribution in [2.45, 2.75) is 71.6 Å². The average molecular weight is 543 g/mol. The SMILES string of the molecule is CC(C)(CNC=O)C(C)(C)CC(=O)N1CCCC1COP(=O)(O)O[C@H]1CNC(COP(=O)(O)O)C1. The van der Waals surface area contributed by atoms with Crippen LogP contribution < -0.4 is 10.6 Å². The summed E-state index contributed by atoms with van der Waals surface area (Å²) in [7, 11) is -9.03. The van der Waals surface area contributed by atoms with Crippen molar-refractivity contribution in [3.63, 3.8) is 0 Å². The molecule has 13 nitrogen and oxygen atoms in total. The molecular weight excluding hydrogens is 504 g/mol. The highest BCUT2D eigenvalue weighted by Gasteiger charge is 2.41. The zero-order valence-electron chi connectivity index (χ0n) is 20.7. The first kappa shape index (κ1) is 30.3. The summed E-state index contributed by atoms with van der Waals surface area (Å²) in [5.41, 5.74) is -0.758. The summed E-state index contributed by atoms with van der Waals surface area (Å²) in [6.07, 6.45) is 1.79. The van der Waals surface area contributed by atoms with E-state index in [0.29, 0.717) is 25.9 Å². The summed E-state index contributed by atoms with van der Waals surface area (Å²) in [6, 6.07) is -0.797. The average Bonchev–Trinajstić information content (AvgIpc) is 3.37. The van der Waals surface area contributed by atoms with Crippen molar-refractivity contribution in [2.75, 3.05) is 32.8 Å². The number of rotatable bonds is 14. The first-order valence-electron chi connectivity index (χ1n) is 11.6. The van der Waals surface area contributed by atoms with Gasteiger partial charge in [-0.05, 0) is 30.1 Å². The number of hydrogen-bond acceptors (Lipinski definition) is 8. The van der Waals surface area contributed by atoms with Gasteiger partial charge in [0.2, 0.25) is 12.3 Å². The Morgan fingerprint density at radius 3 is 2.46 bits per heavy atom. The second kappa shape index (κ2) is 12.1. The van der Waals surface area contributed by atoms with E-state index in [4.69, 9.17) is 18.8 Å². The maximum atomic E-state index is 13.1. The van der Waals surface area contributed by atoms with Crippen LogP contribution in [0.25, 0.3) is 0 Å². The first-order valence-corrected chi connectivity index (χ1v) is 14.6. The van der Waals surface area contributed by atoms with E-state index in [0.717, 1.165) is 6.42 Å². The highest BCUT2D eigenvalue weighted by molar-refractivity contribution is 7.47. The molecule has 2 amide bonds. The summed E-state index contributed by atoms with van der Waals surface area (Å²) in [4.78, 5) is 53.2. The summed E-state index contributed by atoms with van der Waals surface area (Å²) in [5, 5.41) is 5.59. The Hall–Kier alpha value is -0.880. The van der Waals surface area contributed by atoms with E-state index < -0.39 is 33.2 Å². The minimum absolute atomic E-state index is 0.0816. The number of nitrogens with zero attached hydrogens (tertiary/aromatic N) is 1. The molecule has 2 rings (SSSR count). The first-order chi connectivity index (χ1) is 16.1. The van der Waals surface area contributed by atoms with Crippen LogP contribution in [0.4, 0.5) is 0 Å². The standard InChI is InChI=1S/C20H39N3O10P2/c1-19(2,20(3,4)13-21-14-24)9-18(25)23-7-5-6-16(23)12-32-35(29,30)33-17-8-15(22-10-17)11-31-34(26,27)28/h14-17,22H,5-13H2,1-4H3,(H,21,24)(H,29,30)(H2,26,27,28)/t15?,16?,17-/m1/s1. The molecule has 2 aliphatic rings. The summed E-state index contributed by atoms with van der Waals surface area (Å²) in [6.45, 7) is 8.66. The van der Waals surface area contributed by atoms with Gasteiger partial charge in [-0.25, -0.2) is 9.13 Å². The largest absolute Gasteiger partial charge is 0.472 e. The molecule has 15 heteroatoms. The lowest BCUT2D eigenvalue weighted by Crippen LogP contribution is -2.46. The Labute approximate surface area is 206 Å². The van der Waals surface area contributed by atoms with Crippen LogP contribution >= 0.6 is 15.6 Å². The van der Waals surface area contributed by atoms with Crippen LogP contribution in [0.1, 0.15) is 53.4 Å². The van der Waals surface area contributed by atoms with Crippen LogP contribution in [0.2, 0.25) is 0 Å². The van der Waals surface area contributed by atoms with Crippen LogP contribution in [-0.4, -0.2) is 82.9 Å². The fourth-order valence-corrected chi connectivity index (χ4v) is 5.50. The molecule has 0 bridgehead atoms. The fraction of sp³-hybridized carbons (Fsp3) is 0.900. The maximum Gasteiger partial charge on any atom is 0.472 e. The molecule has 0 radical (unpaired) electrons. The third-order valence-electron chi connectivity index (χ3n) is 7.09. The van der Waals surface area contributed by atoms with Crippen molar-refractivity contribution in [1.82, 2.24) is 15.5 Å². The van der Waals surface area contributed by atoms with Gasteiger partial charge in [-0.15, -0.1) is 0 Å². The number of phosphoric acid groups is 2. The van der Waals surface area contributed by atoms with E-state index in [9.17, 15) is 23.6 Å². The lowest BCUT2D eigenvalue weighted by molar-refractivity contribution is -0.136. The molecule has 0 aromatic heterocycles. The Balaban J connectivity index is 1.85. The zero-order chi connectivity index (χ0) is 26.5. The molecule has 0 spiro atoms. The number of amides is 2. The van der Waals surface area contributed by atoms with Crippen LogP contribution in [0.5, 0.6) is 0 Å². The Morgan fingerprint density at radius 2 is 1.83 bits per heavy atom. The van der Waals surface area contributed by atoms with Crippen LogP contribution in [0.15, 0.2) is 0 Å². The van der Waals surface area contributed by atoms with Gasteiger partial charge in [0.05, 0.1) is 25.4 Å². The monoisotopic (exact) mass is 543 g/mol. The predicted molar refractivity (Wildman–Crippen MR) is 126 cm³/mol. The van der Waals surface area contributed by atoms with E-state index in [1.165, 1.54) is 0 Å². The molecular formula is C20H39N3O10P2. The molecule has 5 N–H and O–H groups in total. The highest BCUT2D eigenvalue weighted by Crippen LogP contribution is 2.47. The lowest BCUT2D eigenvalue weighted by Gasteiger charge is -2.42. The number of nitrogens with one attached hydrogen (secondary N) is 2. The van der Waals surface area contributed by atoms with E-state index >= 15 is 0 Å². The molecule has 2 saturated heterocycles. The molecule has 2 fully saturated rings. The van der Waals surface area contributed by atoms with Gasteiger partial charge in [-0.3, -0.25) is 23.2 Å². The van der Waals surface area contributed by atoms with Crippen LogP contribution in [0, 0.1) is 10.8 Å². The van der Waals surface area contributed by atoms with Crippen molar-refractivity contribution < 1.29 is 47.0 Å². The second-order valence-corrected chi connectivity index (χ2v) is 13.1. The van der Waals surface area contributed by atoms with Crippen molar-refractivity contribution >= 4 is 28.0 Å². The minimum Gasteiger partial charge on any atom is -0.358 e. The fourth-order valence-electron chi connectivity index (χ4n) is 4.17. The maximum absolute atomic E-state index is 13.1. The van der Waals surface area contributed by atoms with Gasteiger partial charge in [-0.2, -0.15) is 0 Å². The third kappa shape index (κ3) is 9.50. The van der Waals surface area contributed by atoms with Crippen molar-refractivity contribution in [3.8, 4) is 0 Å². The van der Waals surface area contributed by atoms with E-state index in [-0.39, 0.29) is 50.0 Å². The third-order valence-corrected chi connectivity index (χ3v) is 8.61. The Morgan fingerprint density at radius 1 is 1.14 bits per heavy atom. The highest BCUT2D eigenvalue weighted by atomic mass is 31.2. The van der Waals surface area contributed by atoms with Crippen molar-refractivity contribution in [2.24, 2.45) is 10.8 Å². The smallest absolute Gasteiger partial charge is 0.358 e. The Kier molecular flexibility index (Phi) is 10.5. The summed E-state index contributed by atoms with van der Waals surface area (Å²) < 4.78 is 38.2. The van der Waals surface area contributed by atoms with Gasteiger partial charge < -0.3 is 30.2 Å². The van der Waals surface area contributed by atoms with Gasteiger partial charge in [0, 0.05) is 32.1 Å². The molecule has 3 unspecified atom stereocenters. The Bertz CT molecular complexity index is 834. The zero-order valence-corrected chi connectivity index (χ0v) is 22.5. The predicted octanol–water partition coefficient (Wildman–Crippen LogP) is 1.14. The molecule has 2 heterocycles. The van der Waals surface area contributed by atoms with E-state index in [1.807, 2.05) is 27.7 Å². The number of carbonyl (C=O) groups excluding carboxylic acids is 2. The normalized spacial score (nSPS) is 25.5. The molecule has 4 atom stereocenters. The van der Waals surface area contributed by atoms with Crippen LogP contribution in [-0.2, 0) is 32.3 Å². The van der Waals surface area contributed by atoms with E-state index in [1.54, 1.807) is 4.90 Å².